The Bertz CT molecular complexity index is 1020. The zero-order valence-electron chi connectivity index (χ0n) is 18.3. The van der Waals surface area contributed by atoms with Crippen LogP contribution in [0.5, 0.6) is 0 Å². The predicted molar refractivity (Wildman–Crippen MR) is 116 cm³/mol. The van der Waals surface area contributed by atoms with E-state index < -0.39 is 10.0 Å². The summed E-state index contributed by atoms with van der Waals surface area (Å²) in [6.45, 7) is 7.63. The lowest BCUT2D eigenvalue weighted by molar-refractivity contribution is 0.0731. The highest BCUT2D eigenvalue weighted by Gasteiger charge is 2.29. The zero-order valence-corrected chi connectivity index (χ0v) is 19.2. The van der Waals surface area contributed by atoms with E-state index in [-0.39, 0.29) is 28.7 Å². The number of likely N-dealkylation sites (tertiary alicyclic amines) is 1. The van der Waals surface area contributed by atoms with Gasteiger partial charge in [0.25, 0.3) is 5.91 Å². The second kappa shape index (κ2) is 9.49. The molecule has 0 saturated carbocycles. The number of nitrogens with zero attached hydrogens (tertiary/aromatic N) is 1. The molecule has 1 saturated heterocycles. The number of hydrogen-bond donors (Lipinski definition) is 1. The summed E-state index contributed by atoms with van der Waals surface area (Å²) >= 11 is 0. The average Bonchev–Trinajstić information content (AvgIpc) is 2.89. The number of furan rings is 1. The van der Waals surface area contributed by atoms with Gasteiger partial charge in [0.1, 0.15) is 4.90 Å². The van der Waals surface area contributed by atoms with Crippen LogP contribution in [0.1, 0.15) is 59.3 Å². The summed E-state index contributed by atoms with van der Waals surface area (Å²) < 4.78 is 39.9. The Morgan fingerprint density at radius 3 is 2.43 bits per heavy atom. The maximum absolute atomic E-state index is 13.2. The standard InChI is InChI=1S/C22H32N2O5S/c1-15-14-18-17(3)19(22(25)24-11-7-5-6-8-12-24)29-20(18)21(16(15)2)30(26,27)23-10-9-13-28-4/h14,23H,5-13H2,1-4H3. The molecule has 1 amide bonds. The third-order valence-electron chi connectivity index (χ3n) is 5.87. The molecule has 2 aromatic rings. The van der Waals surface area contributed by atoms with Crippen LogP contribution in [0.25, 0.3) is 11.0 Å². The Morgan fingerprint density at radius 2 is 1.80 bits per heavy atom. The second-order valence-corrected chi connectivity index (χ2v) is 9.73. The number of methoxy groups -OCH3 is 1. The van der Waals surface area contributed by atoms with Crippen molar-refractivity contribution in [3.05, 3.63) is 28.5 Å². The molecule has 0 radical (unpaired) electrons. The summed E-state index contributed by atoms with van der Waals surface area (Å²) in [7, 11) is -2.22. The van der Waals surface area contributed by atoms with Gasteiger partial charge in [-0.1, -0.05) is 12.8 Å². The minimum Gasteiger partial charge on any atom is -0.449 e. The molecular weight excluding hydrogens is 404 g/mol. The van der Waals surface area contributed by atoms with E-state index in [0.717, 1.165) is 31.2 Å². The monoisotopic (exact) mass is 436 g/mol. The van der Waals surface area contributed by atoms with Crippen molar-refractivity contribution in [3.63, 3.8) is 0 Å². The number of hydrogen-bond acceptors (Lipinski definition) is 5. The number of carbonyl (C=O) groups excluding carboxylic acids is 1. The molecule has 0 aliphatic carbocycles. The van der Waals surface area contributed by atoms with Crippen molar-refractivity contribution in [2.24, 2.45) is 0 Å². The first-order valence-corrected chi connectivity index (χ1v) is 12.1. The lowest BCUT2D eigenvalue weighted by Crippen LogP contribution is -2.31. The fraction of sp³-hybridized carbons (Fsp3) is 0.591. The molecule has 166 valence electrons. The molecule has 7 nitrogen and oxygen atoms in total. The summed E-state index contributed by atoms with van der Waals surface area (Å²) in [5.74, 6) is 0.0880. The van der Waals surface area contributed by atoms with E-state index in [1.54, 1.807) is 14.0 Å². The highest BCUT2D eigenvalue weighted by molar-refractivity contribution is 7.89. The first-order chi connectivity index (χ1) is 14.3. The SMILES string of the molecule is COCCCNS(=O)(=O)c1c(C)c(C)cc2c(C)c(C(=O)N3CCCCCC3)oc12. The molecule has 0 atom stereocenters. The summed E-state index contributed by atoms with van der Waals surface area (Å²) in [6, 6.07) is 1.91. The van der Waals surface area contributed by atoms with E-state index in [1.807, 2.05) is 24.8 Å². The van der Waals surface area contributed by atoms with Crippen LogP contribution in [0.15, 0.2) is 15.4 Å². The van der Waals surface area contributed by atoms with Gasteiger partial charge in [-0.3, -0.25) is 4.79 Å². The van der Waals surface area contributed by atoms with Crippen molar-refractivity contribution in [1.29, 1.82) is 0 Å². The molecule has 1 aliphatic heterocycles. The van der Waals surface area contributed by atoms with Crippen LogP contribution in [0, 0.1) is 20.8 Å². The van der Waals surface area contributed by atoms with Crippen LogP contribution in [-0.4, -0.2) is 52.6 Å². The van der Waals surface area contributed by atoms with E-state index in [1.165, 1.54) is 0 Å². The summed E-state index contributed by atoms with van der Waals surface area (Å²) in [5.41, 5.74) is 2.42. The van der Waals surface area contributed by atoms with E-state index in [9.17, 15) is 13.2 Å². The topological polar surface area (TPSA) is 88.8 Å². The fourth-order valence-corrected chi connectivity index (χ4v) is 5.50. The van der Waals surface area contributed by atoms with Crippen LogP contribution in [-0.2, 0) is 14.8 Å². The number of sulfonamides is 1. The predicted octanol–water partition coefficient (Wildman–Crippen LogP) is 3.69. The van der Waals surface area contributed by atoms with E-state index in [0.29, 0.717) is 42.6 Å². The Balaban J connectivity index is 2.05. The van der Waals surface area contributed by atoms with Gasteiger partial charge in [0.05, 0.1) is 0 Å². The molecule has 30 heavy (non-hydrogen) atoms. The fourth-order valence-electron chi connectivity index (χ4n) is 3.98. The van der Waals surface area contributed by atoms with Crippen LogP contribution in [0.3, 0.4) is 0 Å². The Labute approximate surface area is 178 Å². The van der Waals surface area contributed by atoms with E-state index in [4.69, 9.17) is 9.15 Å². The molecule has 1 aromatic carbocycles. The first-order valence-electron chi connectivity index (χ1n) is 10.6. The largest absolute Gasteiger partial charge is 0.449 e. The minimum atomic E-state index is -3.80. The molecule has 0 bridgehead atoms. The normalized spacial score (nSPS) is 15.5. The number of benzene rings is 1. The Kier molecular flexibility index (Phi) is 7.21. The summed E-state index contributed by atoms with van der Waals surface area (Å²) in [4.78, 5) is 15.1. The van der Waals surface area contributed by atoms with Gasteiger partial charge in [-0.2, -0.15) is 0 Å². The van der Waals surface area contributed by atoms with Gasteiger partial charge in [-0.25, -0.2) is 13.1 Å². The van der Waals surface area contributed by atoms with Crippen LogP contribution < -0.4 is 4.72 Å². The number of amides is 1. The van der Waals surface area contributed by atoms with Crippen molar-refractivity contribution in [1.82, 2.24) is 9.62 Å². The van der Waals surface area contributed by atoms with Crippen molar-refractivity contribution in [2.75, 3.05) is 33.4 Å². The van der Waals surface area contributed by atoms with Gasteiger partial charge in [0.15, 0.2) is 11.3 Å². The third kappa shape index (κ3) is 4.55. The van der Waals surface area contributed by atoms with Gasteiger partial charge in [0.2, 0.25) is 10.0 Å². The minimum absolute atomic E-state index is 0.118. The quantitative estimate of drug-likeness (QED) is 0.669. The average molecular weight is 437 g/mol. The van der Waals surface area contributed by atoms with Gasteiger partial charge >= 0.3 is 0 Å². The van der Waals surface area contributed by atoms with Crippen LogP contribution >= 0.6 is 0 Å². The van der Waals surface area contributed by atoms with Crippen LogP contribution in [0.2, 0.25) is 0 Å². The number of nitrogens with one attached hydrogen (secondary N) is 1. The molecule has 8 heteroatoms. The summed E-state index contributed by atoms with van der Waals surface area (Å²) in [5, 5.41) is 0.675. The molecule has 3 rings (SSSR count). The van der Waals surface area contributed by atoms with Crippen molar-refractivity contribution in [3.8, 4) is 0 Å². The van der Waals surface area contributed by atoms with Gasteiger partial charge in [0, 0.05) is 44.3 Å². The number of carbonyl (C=O) groups is 1. The van der Waals surface area contributed by atoms with Crippen molar-refractivity contribution < 1.29 is 22.4 Å². The maximum Gasteiger partial charge on any atom is 0.289 e. The van der Waals surface area contributed by atoms with Crippen LogP contribution in [0.4, 0.5) is 0 Å². The highest BCUT2D eigenvalue weighted by atomic mass is 32.2. The molecule has 1 N–H and O–H groups in total. The molecule has 0 spiro atoms. The van der Waals surface area contributed by atoms with Crippen molar-refractivity contribution in [2.45, 2.75) is 57.8 Å². The Morgan fingerprint density at radius 1 is 1.13 bits per heavy atom. The zero-order chi connectivity index (χ0) is 21.9. The molecule has 1 aromatic heterocycles. The number of fused-ring (bicyclic) bond motifs is 1. The molecular formula is C22H32N2O5S. The summed E-state index contributed by atoms with van der Waals surface area (Å²) in [6.07, 6.45) is 4.78. The maximum atomic E-state index is 13.2. The smallest absolute Gasteiger partial charge is 0.289 e. The van der Waals surface area contributed by atoms with Crippen molar-refractivity contribution >= 4 is 26.9 Å². The number of aryl methyl sites for hydroxylation is 2. The molecule has 1 fully saturated rings. The molecule has 0 unspecified atom stereocenters. The number of rotatable bonds is 7. The molecule has 1 aliphatic rings. The van der Waals surface area contributed by atoms with Gasteiger partial charge in [-0.15, -0.1) is 0 Å². The van der Waals surface area contributed by atoms with E-state index >= 15 is 0 Å². The Hall–Kier alpha value is -1.90. The van der Waals surface area contributed by atoms with Gasteiger partial charge in [-0.05, 0) is 57.2 Å². The second-order valence-electron chi connectivity index (χ2n) is 8.03. The van der Waals surface area contributed by atoms with Gasteiger partial charge < -0.3 is 14.1 Å². The third-order valence-corrected chi connectivity index (χ3v) is 7.48. The van der Waals surface area contributed by atoms with E-state index in [2.05, 4.69) is 4.72 Å². The number of ether oxygens (including phenoxy) is 1. The highest BCUT2D eigenvalue weighted by Crippen LogP contribution is 2.35. The lowest BCUT2D eigenvalue weighted by atomic mass is 10.0. The molecule has 2 heterocycles. The lowest BCUT2D eigenvalue weighted by Gasteiger charge is -2.19. The first kappa shape index (κ1) is 22.8.